The fraction of sp³-hybridized carbons (Fsp3) is 0.235. The molecule has 0 aliphatic rings. The Labute approximate surface area is 269 Å². The number of nitrogens with one attached hydrogen (secondary N) is 1. The monoisotopic (exact) mass is 651 g/mol. The van der Waals surface area contributed by atoms with Crippen molar-refractivity contribution >= 4 is 50.7 Å². The van der Waals surface area contributed by atoms with Crippen molar-refractivity contribution in [2.45, 2.75) is 44.7 Å². The molecule has 4 aromatic rings. The van der Waals surface area contributed by atoms with Crippen LogP contribution in [0, 0.1) is 13.8 Å². The predicted octanol–water partition coefficient (Wildman–Crippen LogP) is 6.58. The molecule has 0 aliphatic heterocycles. The van der Waals surface area contributed by atoms with Gasteiger partial charge in [-0.1, -0.05) is 89.9 Å². The summed E-state index contributed by atoms with van der Waals surface area (Å²) >= 11 is 12.5. The Balaban J connectivity index is 1.83. The molecule has 0 aromatic heterocycles. The van der Waals surface area contributed by atoms with Gasteiger partial charge in [0, 0.05) is 19.5 Å². The average Bonchev–Trinajstić information content (AvgIpc) is 3.01. The Morgan fingerprint density at radius 3 is 2.11 bits per heavy atom. The lowest BCUT2D eigenvalue weighted by atomic mass is 10.0. The fourth-order valence-electron chi connectivity index (χ4n) is 4.90. The van der Waals surface area contributed by atoms with E-state index in [4.69, 9.17) is 23.2 Å². The standard InChI is InChI=1S/C34H35Cl2N3O4S/c1-4-37-34(41)32(21-26-11-7-5-8-12-26)38(22-27-17-18-29(35)30(36)20-27)33(40)23-39(31-19-24(2)15-16-25(31)3)44(42,43)28-13-9-6-10-14-28/h5-20,32H,4,21-23H2,1-3H3,(H,37,41)/t32-/m0/s1. The summed E-state index contributed by atoms with van der Waals surface area (Å²) in [5.41, 5.74) is 3.39. The third-order valence-corrected chi connectivity index (χ3v) is 9.72. The largest absolute Gasteiger partial charge is 0.355 e. The first kappa shape index (κ1) is 33.1. The second-order valence-electron chi connectivity index (χ2n) is 10.5. The number of hydrogen-bond acceptors (Lipinski definition) is 4. The maximum atomic E-state index is 14.5. The lowest BCUT2D eigenvalue weighted by Crippen LogP contribution is -2.53. The van der Waals surface area contributed by atoms with Crippen LogP contribution >= 0.6 is 23.2 Å². The molecule has 0 aliphatic carbocycles. The summed E-state index contributed by atoms with van der Waals surface area (Å²) in [6, 6.07) is 26.9. The van der Waals surface area contributed by atoms with Crippen LogP contribution in [0.25, 0.3) is 0 Å². The highest BCUT2D eigenvalue weighted by Gasteiger charge is 2.35. The van der Waals surface area contributed by atoms with E-state index in [1.165, 1.54) is 17.0 Å². The number of sulfonamides is 1. The van der Waals surface area contributed by atoms with Crippen LogP contribution in [-0.4, -0.2) is 44.3 Å². The number of halogens is 2. The van der Waals surface area contributed by atoms with Gasteiger partial charge >= 0.3 is 0 Å². The third-order valence-electron chi connectivity index (χ3n) is 7.20. The van der Waals surface area contributed by atoms with Gasteiger partial charge in [0.05, 0.1) is 20.6 Å². The quantitative estimate of drug-likeness (QED) is 0.187. The molecule has 0 radical (unpaired) electrons. The molecule has 0 saturated heterocycles. The van der Waals surface area contributed by atoms with E-state index in [9.17, 15) is 18.0 Å². The SMILES string of the molecule is CCNC(=O)[C@H](Cc1ccccc1)N(Cc1ccc(Cl)c(Cl)c1)C(=O)CN(c1cc(C)ccc1C)S(=O)(=O)c1ccccc1. The maximum Gasteiger partial charge on any atom is 0.264 e. The van der Waals surface area contributed by atoms with Gasteiger partial charge in [0.15, 0.2) is 0 Å². The molecule has 1 N–H and O–H groups in total. The van der Waals surface area contributed by atoms with Gasteiger partial charge in [0.25, 0.3) is 10.0 Å². The summed E-state index contributed by atoms with van der Waals surface area (Å²) in [7, 11) is -4.18. The third kappa shape index (κ3) is 8.00. The fourth-order valence-corrected chi connectivity index (χ4v) is 6.71. The second-order valence-corrected chi connectivity index (χ2v) is 13.2. The molecule has 0 unspecified atom stereocenters. The van der Waals surface area contributed by atoms with Crippen LogP contribution in [0.1, 0.15) is 29.2 Å². The van der Waals surface area contributed by atoms with Crippen LogP contribution < -0.4 is 9.62 Å². The first-order valence-corrected chi connectivity index (χ1v) is 16.4. The number of amides is 2. The van der Waals surface area contributed by atoms with Gasteiger partial charge in [-0.25, -0.2) is 8.42 Å². The summed E-state index contributed by atoms with van der Waals surface area (Å²) in [6.07, 6.45) is 0.217. The minimum Gasteiger partial charge on any atom is -0.355 e. The summed E-state index contributed by atoms with van der Waals surface area (Å²) in [4.78, 5) is 29.5. The minimum atomic E-state index is -4.18. The van der Waals surface area contributed by atoms with Crippen molar-refractivity contribution in [2.24, 2.45) is 0 Å². The van der Waals surface area contributed by atoms with E-state index < -0.39 is 28.5 Å². The molecule has 0 bridgehead atoms. The molecule has 1 atom stereocenters. The van der Waals surface area contributed by atoms with Gasteiger partial charge in [-0.05, 0) is 73.4 Å². The van der Waals surface area contributed by atoms with E-state index in [0.29, 0.717) is 33.4 Å². The highest BCUT2D eigenvalue weighted by Crippen LogP contribution is 2.29. The van der Waals surface area contributed by atoms with E-state index in [2.05, 4.69) is 5.32 Å². The normalized spacial score (nSPS) is 11.9. The van der Waals surface area contributed by atoms with Gasteiger partial charge in [0.2, 0.25) is 11.8 Å². The lowest BCUT2D eigenvalue weighted by molar-refractivity contribution is -0.140. The van der Waals surface area contributed by atoms with Crippen molar-refractivity contribution in [1.82, 2.24) is 10.2 Å². The van der Waals surface area contributed by atoms with Gasteiger partial charge < -0.3 is 10.2 Å². The minimum absolute atomic E-state index is 0.00359. The van der Waals surface area contributed by atoms with Crippen LogP contribution in [0.5, 0.6) is 0 Å². The molecule has 0 saturated carbocycles. The van der Waals surface area contributed by atoms with Crippen LogP contribution in [0.4, 0.5) is 5.69 Å². The first-order chi connectivity index (χ1) is 21.0. The van der Waals surface area contributed by atoms with Crippen LogP contribution in [0.3, 0.4) is 0 Å². The number of likely N-dealkylation sites (N-methyl/N-ethyl adjacent to an activating group) is 1. The Morgan fingerprint density at radius 1 is 0.818 bits per heavy atom. The average molecular weight is 653 g/mol. The van der Waals surface area contributed by atoms with Crippen molar-refractivity contribution in [2.75, 3.05) is 17.4 Å². The Morgan fingerprint density at radius 2 is 1.48 bits per heavy atom. The number of aryl methyl sites for hydroxylation is 2. The highest BCUT2D eigenvalue weighted by atomic mass is 35.5. The van der Waals surface area contributed by atoms with E-state index >= 15 is 0 Å². The van der Waals surface area contributed by atoms with E-state index in [0.717, 1.165) is 15.4 Å². The highest BCUT2D eigenvalue weighted by molar-refractivity contribution is 7.92. The number of anilines is 1. The zero-order chi connectivity index (χ0) is 31.9. The number of benzene rings is 4. The van der Waals surface area contributed by atoms with E-state index in [1.54, 1.807) is 56.3 Å². The Hall–Kier alpha value is -3.85. The number of rotatable bonds is 12. The molecular formula is C34H35Cl2N3O4S. The molecule has 44 heavy (non-hydrogen) atoms. The molecule has 7 nitrogen and oxygen atoms in total. The van der Waals surface area contributed by atoms with Crippen molar-refractivity contribution in [3.63, 3.8) is 0 Å². The summed E-state index contributed by atoms with van der Waals surface area (Å²) < 4.78 is 29.4. The van der Waals surface area contributed by atoms with Crippen molar-refractivity contribution in [3.8, 4) is 0 Å². The zero-order valence-corrected chi connectivity index (χ0v) is 27.2. The van der Waals surface area contributed by atoms with Gasteiger partial charge in [-0.3, -0.25) is 13.9 Å². The topological polar surface area (TPSA) is 86.8 Å². The summed E-state index contributed by atoms with van der Waals surface area (Å²) in [5.74, 6) is -0.905. The number of carbonyl (C=O) groups is 2. The molecule has 230 valence electrons. The van der Waals surface area contributed by atoms with Crippen molar-refractivity contribution in [3.05, 3.63) is 129 Å². The van der Waals surface area contributed by atoms with E-state index in [1.807, 2.05) is 49.4 Å². The zero-order valence-electron chi connectivity index (χ0n) is 24.8. The van der Waals surface area contributed by atoms with Crippen LogP contribution in [0.2, 0.25) is 10.0 Å². The summed E-state index contributed by atoms with van der Waals surface area (Å²) in [5, 5.41) is 3.51. The molecule has 4 aromatic carbocycles. The molecule has 2 amide bonds. The molecule has 0 fully saturated rings. The number of carbonyl (C=O) groups excluding carboxylic acids is 2. The van der Waals surface area contributed by atoms with E-state index in [-0.39, 0.29) is 23.8 Å². The molecule has 0 heterocycles. The van der Waals surface area contributed by atoms with Gasteiger partial charge in [-0.2, -0.15) is 0 Å². The second kappa shape index (κ2) is 14.8. The number of hydrogen-bond donors (Lipinski definition) is 1. The maximum absolute atomic E-state index is 14.5. The first-order valence-electron chi connectivity index (χ1n) is 14.2. The van der Waals surface area contributed by atoms with Gasteiger partial charge in [-0.15, -0.1) is 0 Å². The lowest BCUT2D eigenvalue weighted by Gasteiger charge is -2.34. The Bertz CT molecular complexity index is 1720. The smallest absolute Gasteiger partial charge is 0.264 e. The Kier molecular flexibility index (Phi) is 11.1. The van der Waals surface area contributed by atoms with Crippen LogP contribution in [-0.2, 0) is 32.6 Å². The molecule has 4 rings (SSSR count). The molecular weight excluding hydrogens is 617 g/mol. The van der Waals surface area contributed by atoms with Crippen molar-refractivity contribution < 1.29 is 18.0 Å². The van der Waals surface area contributed by atoms with Crippen molar-refractivity contribution in [1.29, 1.82) is 0 Å². The molecule has 10 heteroatoms. The predicted molar refractivity (Wildman–Crippen MR) is 177 cm³/mol. The number of nitrogens with zero attached hydrogens (tertiary/aromatic N) is 2. The van der Waals surface area contributed by atoms with Crippen LogP contribution in [0.15, 0.2) is 102 Å². The molecule has 0 spiro atoms. The summed E-state index contributed by atoms with van der Waals surface area (Å²) in [6.45, 7) is 5.28. The van der Waals surface area contributed by atoms with Gasteiger partial charge in [0.1, 0.15) is 12.6 Å².